The Labute approximate surface area is 124 Å². The molecule has 0 radical (unpaired) electrons. The molecule has 1 aromatic carbocycles. The highest BCUT2D eigenvalue weighted by Crippen LogP contribution is 2.32. The second-order valence-electron chi connectivity index (χ2n) is 4.52. The highest BCUT2D eigenvalue weighted by atomic mass is 32.1. The lowest BCUT2D eigenvalue weighted by Gasteiger charge is -2.13. The molecule has 0 aliphatic carbocycles. The van der Waals surface area contributed by atoms with Crippen LogP contribution in [0.4, 0.5) is 5.13 Å². The molecular formula is C14H12N4O2S. The maximum Gasteiger partial charge on any atom is 0.248 e. The van der Waals surface area contributed by atoms with E-state index < -0.39 is 5.91 Å². The summed E-state index contributed by atoms with van der Waals surface area (Å²) in [5, 5.41) is 2.28. The van der Waals surface area contributed by atoms with Crippen LogP contribution in [0.15, 0.2) is 47.1 Å². The van der Waals surface area contributed by atoms with E-state index in [1.807, 2.05) is 35.7 Å². The number of anilines is 1. The van der Waals surface area contributed by atoms with Crippen molar-refractivity contribution < 1.29 is 9.59 Å². The zero-order chi connectivity index (χ0) is 15.0. The minimum absolute atomic E-state index is 0.0708. The molecule has 2 aromatic rings. The van der Waals surface area contributed by atoms with Crippen LogP contribution in [0, 0.1) is 0 Å². The number of rotatable bonds is 3. The first-order chi connectivity index (χ1) is 10.1. The molecule has 0 spiro atoms. The molecule has 0 saturated heterocycles. The molecule has 0 bridgehead atoms. The predicted octanol–water partition coefficient (Wildman–Crippen LogP) is 1.20. The van der Waals surface area contributed by atoms with Crippen molar-refractivity contribution in [2.24, 2.45) is 11.5 Å². The largest absolute Gasteiger partial charge is 0.384 e. The van der Waals surface area contributed by atoms with Crippen molar-refractivity contribution in [3.05, 3.63) is 47.1 Å². The number of carbonyl (C=O) groups excluding carboxylic acids is 2. The molecule has 0 fully saturated rings. The first-order valence-corrected chi connectivity index (χ1v) is 7.08. The maximum atomic E-state index is 12.0. The summed E-state index contributed by atoms with van der Waals surface area (Å²) in [5.41, 5.74) is 12.9. The van der Waals surface area contributed by atoms with Crippen LogP contribution >= 0.6 is 11.3 Å². The molecule has 0 unspecified atom stereocenters. The van der Waals surface area contributed by atoms with Gasteiger partial charge in [0.1, 0.15) is 5.82 Å². The van der Waals surface area contributed by atoms with E-state index in [1.54, 1.807) is 0 Å². The first kappa shape index (κ1) is 13.3. The van der Waals surface area contributed by atoms with Crippen LogP contribution in [0.3, 0.4) is 0 Å². The second kappa shape index (κ2) is 5.02. The Bertz CT molecular complexity index is 751. The number of thiazole rings is 1. The SMILES string of the molecule is NC(=O)C1=C(N)N(c2nc(-c3ccccc3)cs2)C(=O)C1. The molecule has 3 rings (SSSR count). The number of hydrogen-bond acceptors (Lipinski definition) is 5. The number of benzene rings is 1. The molecular weight excluding hydrogens is 288 g/mol. The molecule has 0 atom stereocenters. The molecule has 1 aliphatic rings. The molecule has 4 N–H and O–H groups in total. The Balaban J connectivity index is 1.97. The third kappa shape index (κ3) is 2.27. The van der Waals surface area contributed by atoms with Gasteiger partial charge in [-0.2, -0.15) is 0 Å². The lowest BCUT2D eigenvalue weighted by molar-refractivity contribution is -0.119. The first-order valence-electron chi connectivity index (χ1n) is 6.20. The number of hydrogen-bond donors (Lipinski definition) is 2. The molecule has 2 amide bonds. The van der Waals surface area contributed by atoms with Gasteiger partial charge in [-0.1, -0.05) is 30.3 Å². The summed E-state index contributed by atoms with van der Waals surface area (Å²) in [7, 11) is 0. The predicted molar refractivity (Wildman–Crippen MR) is 80.1 cm³/mol. The molecule has 1 aliphatic heterocycles. The minimum Gasteiger partial charge on any atom is -0.384 e. The molecule has 106 valence electrons. The average molecular weight is 300 g/mol. The molecule has 0 saturated carbocycles. The number of nitrogens with two attached hydrogens (primary N) is 2. The van der Waals surface area contributed by atoms with Crippen LogP contribution in [0.1, 0.15) is 6.42 Å². The number of aromatic nitrogens is 1. The standard InChI is InChI=1S/C14H12N4O2S/c15-12-9(13(16)20)6-11(19)18(12)14-17-10(7-21-14)8-4-2-1-3-5-8/h1-5,7H,6,15H2,(H2,16,20). The molecule has 7 heteroatoms. The van der Waals surface area contributed by atoms with E-state index in [-0.39, 0.29) is 23.7 Å². The van der Waals surface area contributed by atoms with Crippen molar-refractivity contribution in [3.63, 3.8) is 0 Å². The Morgan fingerprint density at radius 1 is 1.29 bits per heavy atom. The van der Waals surface area contributed by atoms with E-state index in [9.17, 15) is 9.59 Å². The maximum absolute atomic E-state index is 12.0. The van der Waals surface area contributed by atoms with Gasteiger partial charge in [-0.05, 0) is 0 Å². The third-order valence-corrected chi connectivity index (χ3v) is 4.00. The zero-order valence-corrected chi connectivity index (χ0v) is 11.8. The summed E-state index contributed by atoms with van der Waals surface area (Å²) in [6, 6.07) is 9.60. The van der Waals surface area contributed by atoms with Gasteiger partial charge in [0.05, 0.1) is 17.7 Å². The Hall–Kier alpha value is -2.67. The van der Waals surface area contributed by atoms with Crippen LogP contribution < -0.4 is 16.4 Å². The lowest BCUT2D eigenvalue weighted by atomic mass is 10.2. The fraction of sp³-hybridized carbons (Fsp3) is 0.0714. The van der Waals surface area contributed by atoms with Gasteiger partial charge in [-0.3, -0.25) is 9.59 Å². The second-order valence-corrected chi connectivity index (χ2v) is 5.35. The Morgan fingerprint density at radius 3 is 2.62 bits per heavy atom. The monoisotopic (exact) mass is 300 g/mol. The number of primary amides is 1. The van der Waals surface area contributed by atoms with E-state index in [0.717, 1.165) is 11.3 Å². The fourth-order valence-corrected chi connectivity index (χ4v) is 2.98. The summed E-state index contributed by atoms with van der Waals surface area (Å²) in [4.78, 5) is 28.9. The molecule has 2 heterocycles. The van der Waals surface area contributed by atoms with Crippen molar-refractivity contribution in [1.29, 1.82) is 0 Å². The van der Waals surface area contributed by atoms with Crippen molar-refractivity contribution in [3.8, 4) is 11.3 Å². The Morgan fingerprint density at radius 2 is 2.00 bits per heavy atom. The molecule has 1 aromatic heterocycles. The van der Waals surface area contributed by atoms with Gasteiger partial charge in [-0.25, -0.2) is 9.88 Å². The summed E-state index contributed by atoms with van der Waals surface area (Å²) >= 11 is 1.29. The molecule has 21 heavy (non-hydrogen) atoms. The topological polar surface area (TPSA) is 102 Å². The van der Waals surface area contributed by atoms with Gasteiger partial charge in [0, 0.05) is 10.9 Å². The van der Waals surface area contributed by atoms with Crippen LogP contribution in [0.25, 0.3) is 11.3 Å². The van der Waals surface area contributed by atoms with Gasteiger partial charge < -0.3 is 11.5 Å². The van der Waals surface area contributed by atoms with E-state index in [4.69, 9.17) is 11.5 Å². The van der Waals surface area contributed by atoms with Gasteiger partial charge >= 0.3 is 0 Å². The minimum atomic E-state index is -0.678. The highest BCUT2D eigenvalue weighted by molar-refractivity contribution is 7.14. The van der Waals surface area contributed by atoms with Crippen molar-refractivity contribution >= 4 is 28.3 Å². The normalized spacial score (nSPS) is 14.9. The van der Waals surface area contributed by atoms with E-state index in [1.165, 1.54) is 16.2 Å². The quantitative estimate of drug-likeness (QED) is 0.889. The van der Waals surface area contributed by atoms with Gasteiger partial charge in [0.25, 0.3) is 0 Å². The van der Waals surface area contributed by atoms with Crippen LogP contribution in [-0.2, 0) is 9.59 Å². The van der Waals surface area contributed by atoms with Crippen molar-refractivity contribution in [1.82, 2.24) is 4.98 Å². The summed E-state index contributed by atoms with van der Waals surface area (Å²) < 4.78 is 0. The van der Waals surface area contributed by atoms with Crippen LogP contribution in [0.2, 0.25) is 0 Å². The summed E-state index contributed by atoms with van der Waals surface area (Å²) in [6.45, 7) is 0. The van der Waals surface area contributed by atoms with Crippen LogP contribution in [-0.4, -0.2) is 16.8 Å². The van der Waals surface area contributed by atoms with E-state index in [0.29, 0.717) is 5.13 Å². The smallest absolute Gasteiger partial charge is 0.248 e. The number of nitrogens with zero attached hydrogens (tertiary/aromatic N) is 2. The van der Waals surface area contributed by atoms with E-state index >= 15 is 0 Å². The van der Waals surface area contributed by atoms with E-state index in [2.05, 4.69) is 4.98 Å². The molecule has 6 nitrogen and oxygen atoms in total. The summed E-state index contributed by atoms with van der Waals surface area (Å²) in [5.74, 6) is -0.903. The van der Waals surface area contributed by atoms with Crippen molar-refractivity contribution in [2.75, 3.05) is 4.90 Å². The van der Waals surface area contributed by atoms with Gasteiger partial charge in [-0.15, -0.1) is 11.3 Å². The summed E-state index contributed by atoms with van der Waals surface area (Å²) in [6.07, 6.45) is -0.0819. The zero-order valence-electron chi connectivity index (χ0n) is 10.9. The van der Waals surface area contributed by atoms with Gasteiger partial charge in [0.15, 0.2) is 5.13 Å². The van der Waals surface area contributed by atoms with Crippen LogP contribution in [0.5, 0.6) is 0 Å². The fourth-order valence-electron chi connectivity index (χ4n) is 2.12. The third-order valence-electron chi connectivity index (χ3n) is 3.18. The Kier molecular flexibility index (Phi) is 3.19. The highest BCUT2D eigenvalue weighted by Gasteiger charge is 2.34. The number of carbonyl (C=O) groups is 2. The lowest BCUT2D eigenvalue weighted by Crippen LogP contribution is -2.29. The number of amides is 2. The average Bonchev–Trinajstić information content (AvgIpc) is 3.05. The van der Waals surface area contributed by atoms with Gasteiger partial charge in [0.2, 0.25) is 11.8 Å². The van der Waals surface area contributed by atoms with Crippen molar-refractivity contribution in [2.45, 2.75) is 6.42 Å².